The van der Waals surface area contributed by atoms with Gasteiger partial charge in [-0.1, -0.05) is 42.9 Å². The number of hydrogen-bond donors (Lipinski definition) is 0. The smallest absolute Gasteiger partial charge is 0.228 e. The predicted molar refractivity (Wildman–Crippen MR) is 94.5 cm³/mol. The molecule has 0 spiro atoms. The van der Waals surface area contributed by atoms with Crippen LogP contribution in [0.25, 0.3) is 0 Å². The molecule has 2 aromatic rings. The predicted octanol–water partition coefficient (Wildman–Crippen LogP) is 3.78. The Morgan fingerprint density at radius 3 is 2.54 bits per heavy atom. The summed E-state index contributed by atoms with van der Waals surface area (Å²) < 4.78 is 0. The fourth-order valence-corrected chi connectivity index (χ4v) is 3.84. The van der Waals surface area contributed by atoms with Crippen LogP contribution in [0.5, 0.6) is 0 Å². The number of fused-ring (bicyclic) bond motifs is 1. The third-order valence-electron chi connectivity index (χ3n) is 5.03. The van der Waals surface area contributed by atoms with Crippen LogP contribution in [-0.2, 0) is 4.79 Å². The molecule has 3 heteroatoms. The highest BCUT2D eigenvalue weighted by molar-refractivity contribution is 5.95. The summed E-state index contributed by atoms with van der Waals surface area (Å²) in [6.07, 6.45) is 7.20. The van der Waals surface area contributed by atoms with Crippen LogP contribution < -0.4 is 4.90 Å². The monoisotopic (exact) mass is 316 g/mol. The van der Waals surface area contributed by atoms with E-state index < -0.39 is 0 Å². The average Bonchev–Trinajstić information content (AvgIpc) is 2.97. The number of amides is 1. The van der Waals surface area contributed by atoms with Gasteiger partial charge in [0.05, 0.1) is 0 Å². The van der Waals surface area contributed by atoms with Crippen molar-refractivity contribution in [3.05, 3.63) is 59.8 Å². The van der Waals surface area contributed by atoms with Gasteiger partial charge in [0.1, 0.15) is 5.82 Å². The van der Waals surface area contributed by atoms with E-state index in [0.717, 1.165) is 23.4 Å². The molecule has 2 fully saturated rings. The van der Waals surface area contributed by atoms with Crippen molar-refractivity contribution in [3.63, 3.8) is 0 Å². The third-order valence-corrected chi connectivity index (χ3v) is 5.03. The van der Waals surface area contributed by atoms with Gasteiger partial charge < -0.3 is 0 Å². The van der Waals surface area contributed by atoms with Gasteiger partial charge in [-0.2, -0.15) is 0 Å². The van der Waals surface area contributed by atoms with E-state index in [1.54, 1.807) is 6.20 Å². The van der Waals surface area contributed by atoms with Gasteiger partial charge in [-0.3, -0.25) is 9.69 Å². The van der Waals surface area contributed by atoms with E-state index in [1.165, 1.54) is 19.3 Å². The standard InChI is InChI=1S/C21H20N2O/c24-21-14-18-8-4-5-9-19(18)23(21)20-13-12-17(15-22-20)11-10-16-6-2-1-3-7-16/h1-3,6-7,12-13,15,18-19H,4-5,8-9,14H2. The molecule has 2 unspecified atom stereocenters. The Morgan fingerprint density at radius 1 is 0.958 bits per heavy atom. The third kappa shape index (κ3) is 2.92. The molecular weight excluding hydrogens is 296 g/mol. The van der Waals surface area contributed by atoms with E-state index in [1.807, 2.05) is 47.4 Å². The molecular formula is C21H20N2O. The van der Waals surface area contributed by atoms with Crippen LogP contribution in [-0.4, -0.2) is 16.9 Å². The molecule has 2 aliphatic rings. The summed E-state index contributed by atoms with van der Waals surface area (Å²) >= 11 is 0. The molecule has 2 heterocycles. The number of rotatable bonds is 1. The number of benzene rings is 1. The van der Waals surface area contributed by atoms with E-state index in [9.17, 15) is 4.79 Å². The van der Waals surface area contributed by atoms with Gasteiger partial charge >= 0.3 is 0 Å². The summed E-state index contributed by atoms with van der Waals surface area (Å²) in [6.45, 7) is 0. The first-order chi connectivity index (χ1) is 11.8. The zero-order valence-corrected chi connectivity index (χ0v) is 13.6. The highest BCUT2D eigenvalue weighted by Gasteiger charge is 2.41. The molecule has 1 aliphatic heterocycles. The minimum atomic E-state index is 0.225. The summed E-state index contributed by atoms with van der Waals surface area (Å²) in [4.78, 5) is 18.8. The summed E-state index contributed by atoms with van der Waals surface area (Å²) in [5, 5.41) is 0. The van der Waals surface area contributed by atoms with Crippen molar-refractivity contribution in [1.29, 1.82) is 0 Å². The van der Waals surface area contributed by atoms with Crippen LogP contribution in [0.4, 0.5) is 5.82 Å². The molecule has 1 amide bonds. The molecule has 0 N–H and O–H groups in total. The van der Waals surface area contributed by atoms with E-state index in [0.29, 0.717) is 18.4 Å². The van der Waals surface area contributed by atoms with Crippen LogP contribution in [0.1, 0.15) is 43.2 Å². The summed E-state index contributed by atoms with van der Waals surface area (Å²) in [5.74, 6) is 7.78. The van der Waals surface area contributed by atoms with E-state index >= 15 is 0 Å². The molecule has 0 bridgehead atoms. The van der Waals surface area contributed by atoms with Gasteiger partial charge in [0.25, 0.3) is 0 Å². The van der Waals surface area contributed by atoms with E-state index in [4.69, 9.17) is 0 Å². The molecule has 1 aromatic heterocycles. The van der Waals surface area contributed by atoms with Crippen molar-refractivity contribution < 1.29 is 4.79 Å². The Balaban J connectivity index is 1.54. The molecule has 0 radical (unpaired) electrons. The van der Waals surface area contributed by atoms with Gasteiger partial charge in [0.15, 0.2) is 0 Å². The Labute approximate surface area is 142 Å². The maximum atomic E-state index is 12.4. The second-order valence-corrected chi connectivity index (χ2v) is 6.60. The zero-order valence-electron chi connectivity index (χ0n) is 13.6. The number of pyridine rings is 1. The van der Waals surface area contributed by atoms with Gasteiger partial charge in [-0.05, 0) is 43.0 Å². The lowest BCUT2D eigenvalue weighted by atomic mass is 9.85. The minimum absolute atomic E-state index is 0.225. The minimum Gasteiger partial charge on any atom is -0.293 e. The highest BCUT2D eigenvalue weighted by atomic mass is 16.2. The maximum absolute atomic E-state index is 12.4. The van der Waals surface area contributed by atoms with Crippen LogP contribution in [0.3, 0.4) is 0 Å². The van der Waals surface area contributed by atoms with Crippen LogP contribution in [0.15, 0.2) is 48.7 Å². The van der Waals surface area contributed by atoms with Gasteiger partial charge in [0, 0.05) is 29.8 Å². The van der Waals surface area contributed by atoms with Crippen molar-refractivity contribution in [2.24, 2.45) is 5.92 Å². The topological polar surface area (TPSA) is 33.2 Å². The van der Waals surface area contributed by atoms with Crippen LogP contribution in [0.2, 0.25) is 0 Å². The van der Waals surface area contributed by atoms with Gasteiger partial charge in [0.2, 0.25) is 5.91 Å². The quantitative estimate of drug-likeness (QED) is 0.750. The van der Waals surface area contributed by atoms with E-state index in [-0.39, 0.29) is 5.91 Å². The second kappa shape index (κ2) is 6.49. The molecule has 1 aliphatic carbocycles. The first-order valence-electron chi connectivity index (χ1n) is 8.66. The lowest BCUT2D eigenvalue weighted by Gasteiger charge is -2.30. The molecule has 1 saturated carbocycles. The molecule has 1 aromatic carbocycles. The lowest BCUT2D eigenvalue weighted by Crippen LogP contribution is -2.37. The molecule has 1 saturated heterocycles. The Morgan fingerprint density at radius 2 is 1.75 bits per heavy atom. The molecule has 120 valence electrons. The summed E-state index contributed by atoms with van der Waals surface area (Å²) in [6, 6.07) is 14.1. The largest absolute Gasteiger partial charge is 0.293 e. The van der Waals surface area contributed by atoms with Crippen molar-refractivity contribution >= 4 is 11.7 Å². The Bertz CT molecular complexity index is 786. The summed E-state index contributed by atoms with van der Waals surface area (Å²) in [5.41, 5.74) is 1.86. The normalized spacial score (nSPS) is 22.7. The van der Waals surface area contributed by atoms with Crippen molar-refractivity contribution in [2.45, 2.75) is 38.1 Å². The van der Waals surface area contributed by atoms with E-state index in [2.05, 4.69) is 16.8 Å². The number of aromatic nitrogens is 1. The number of carbonyl (C=O) groups excluding carboxylic acids is 1. The van der Waals surface area contributed by atoms with Crippen LogP contribution >= 0.6 is 0 Å². The zero-order chi connectivity index (χ0) is 16.4. The Kier molecular flexibility index (Phi) is 4.04. The van der Waals surface area contributed by atoms with Gasteiger partial charge in [-0.15, -0.1) is 0 Å². The summed E-state index contributed by atoms with van der Waals surface area (Å²) in [7, 11) is 0. The first kappa shape index (κ1) is 15.0. The second-order valence-electron chi connectivity index (χ2n) is 6.60. The average molecular weight is 316 g/mol. The fraction of sp³-hybridized carbons (Fsp3) is 0.333. The molecule has 3 nitrogen and oxygen atoms in total. The molecule has 24 heavy (non-hydrogen) atoms. The number of anilines is 1. The first-order valence-corrected chi connectivity index (χ1v) is 8.66. The highest BCUT2D eigenvalue weighted by Crippen LogP contribution is 2.38. The number of carbonyl (C=O) groups is 1. The van der Waals surface area contributed by atoms with Gasteiger partial charge in [-0.25, -0.2) is 4.98 Å². The van der Waals surface area contributed by atoms with Crippen molar-refractivity contribution in [2.75, 3.05) is 4.90 Å². The van der Waals surface area contributed by atoms with Crippen LogP contribution in [0, 0.1) is 17.8 Å². The van der Waals surface area contributed by atoms with Crippen molar-refractivity contribution in [3.8, 4) is 11.8 Å². The number of hydrogen-bond acceptors (Lipinski definition) is 2. The maximum Gasteiger partial charge on any atom is 0.228 e. The lowest BCUT2D eigenvalue weighted by molar-refractivity contribution is -0.117. The molecule has 2 atom stereocenters. The van der Waals surface area contributed by atoms with Crippen molar-refractivity contribution in [1.82, 2.24) is 4.98 Å². The fourth-order valence-electron chi connectivity index (χ4n) is 3.84. The SMILES string of the molecule is O=C1CC2CCCCC2N1c1ccc(C#Cc2ccccc2)cn1. The number of nitrogens with zero attached hydrogens (tertiary/aromatic N) is 2. The molecule has 4 rings (SSSR count). The Hall–Kier alpha value is -2.60.